The summed E-state index contributed by atoms with van der Waals surface area (Å²) in [4.78, 5) is 5.29. The van der Waals surface area contributed by atoms with Crippen LogP contribution in [0, 0.1) is 6.92 Å². The smallest absolute Gasteiger partial charge is 0.0519 e. The molecule has 0 saturated heterocycles. The topological polar surface area (TPSA) is 29.3 Å². The summed E-state index contributed by atoms with van der Waals surface area (Å²) < 4.78 is 0. The third-order valence-electron chi connectivity index (χ3n) is 4.06. The van der Waals surface area contributed by atoms with Gasteiger partial charge in [-0.2, -0.15) is 0 Å². The number of nitrogens with zero attached hydrogens (tertiary/aromatic N) is 1. The molecule has 1 aromatic rings. The van der Waals surface area contributed by atoms with Crippen LogP contribution in [0.4, 0.5) is 0 Å². The minimum atomic E-state index is 0.186. The molecule has 1 heterocycles. The summed E-state index contributed by atoms with van der Waals surface area (Å²) in [5.74, 6) is 0. The average molecular weight is 266 g/mol. The molecular formula is C15H26N2S. The fourth-order valence-electron chi connectivity index (χ4n) is 2.98. The highest BCUT2D eigenvalue weighted by molar-refractivity contribution is 7.12. The first kappa shape index (κ1) is 14.0. The van der Waals surface area contributed by atoms with Crippen LogP contribution in [-0.4, -0.2) is 24.0 Å². The molecule has 1 aromatic heterocycles. The molecule has 0 amide bonds. The van der Waals surface area contributed by atoms with Crippen LogP contribution >= 0.6 is 11.3 Å². The Kier molecular flexibility index (Phi) is 5.22. The van der Waals surface area contributed by atoms with Gasteiger partial charge in [-0.15, -0.1) is 11.3 Å². The lowest BCUT2D eigenvalue weighted by Gasteiger charge is -2.35. The van der Waals surface area contributed by atoms with Crippen molar-refractivity contribution in [3.8, 4) is 0 Å². The van der Waals surface area contributed by atoms with E-state index in [4.69, 9.17) is 5.73 Å². The van der Waals surface area contributed by atoms with E-state index in [0.717, 1.165) is 19.1 Å². The van der Waals surface area contributed by atoms with Gasteiger partial charge in [0.05, 0.1) is 6.04 Å². The zero-order valence-electron chi connectivity index (χ0n) is 11.7. The maximum absolute atomic E-state index is 6.36. The second-order valence-corrected chi connectivity index (χ2v) is 6.75. The zero-order chi connectivity index (χ0) is 13.0. The molecule has 2 N–H and O–H groups in total. The summed E-state index contributed by atoms with van der Waals surface area (Å²) in [6.45, 7) is 6.56. The SMILES string of the molecule is CCN(CC(N)c1ccc(C)s1)C1CCCCC1. The molecule has 0 bridgehead atoms. The zero-order valence-corrected chi connectivity index (χ0v) is 12.5. The van der Waals surface area contributed by atoms with Crippen molar-refractivity contribution in [3.05, 3.63) is 21.9 Å². The van der Waals surface area contributed by atoms with Crippen LogP contribution < -0.4 is 5.73 Å². The lowest BCUT2D eigenvalue weighted by molar-refractivity contribution is 0.155. The lowest BCUT2D eigenvalue weighted by atomic mass is 9.94. The van der Waals surface area contributed by atoms with Crippen LogP contribution in [0.3, 0.4) is 0 Å². The highest BCUT2D eigenvalue weighted by atomic mass is 32.1. The second-order valence-electron chi connectivity index (χ2n) is 5.43. The molecule has 18 heavy (non-hydrogen) atoms. The summed E-state index contributed by atoms with van der Waals surface area (Å²) in [5.41, 5.74) is 6.36. The molecule has 1 aliphatic carbocycles. The van der Waals surface area contributed by atoms with Gasteiger partial charge in [0, 0.05) is 22.3 Å². The number of thiophene rings is 1. The fraction of sp³-hybridized carbons (Fsp3) is 0.733. The Morgan fingerprint density at radius 3 is 2.61 bits per heavy atom. The summed E-state index contributed by atoms with van der Waals surface area (Å²) in [6, 6.07) is 5.33. The van der Waals surface area contributed by atoms with E-state index >= 15 is 0 Å². The van der Waals surface area contributed by atoms with Crippen molar-refractivity contribution in [2.75, 3.05) is 13.1 Å². The maximum atomic E-state index is 6.36. The van der Waals surface area contributed by atoms with Crippen molar-refractivity contribution in [2.45, 2.75) is 58.0 Å². The number of nitrogens with two attached hydrogens (primary N) is 1. The number of hydrogen-bond acceptors (Lipinski definition) is 3. The molecule has 2 rings (SSSR count). The van der Waals surface area contributed by atoms with E-state index in [9.17, 15) is 0 Å². The van der Waals surface area contributed by atoms with Gasteiger partial charge in [-0.25, -0.2) is 0 Å². The summed E-state index contributed by atoms with van der Waals surface area (Å²) in [7, 11) is 0. The number of likely N-dealkylation sites (N-methyl/N-ethyl adjacent to an activating group) is 1. The quantitative estimate of drug-likeness (QED) is 0.880. The third kappa shape index (κ3) is 3.56. The average Bonchev–Trinajstić information content (AvgIpc) is 2.83. The van der Waals surface area contributed by atoms with Gasteiger partial charge in [-0.1, -0.05) is 26.2 Å². The molecule has 1 fully saturated rings. The Morgan fingerprint density at radius 2 is 2.06 bits per heavy atom. The molecule has 2 nitrogen and oxygen atoms in total. The van der Waals surface area contributed by atoms with Crippen LogP contribution in [-0.2, 0) is 0 Å². The van der Waals surface area contributed by atoms with Crippen molar-refractivity contribution in [3.63, 3.8) is 0 Å². The highest BCUT2D eigenvalue weighted by Gasteiger charge is 2.22. The van der Waals surface area contributed by atoms with E-state index in [0.29, 0.717) is 0 Å². The van der Waals surface area contributed by atoms with Crippen LogP contribution in [0.25, 0.3) is 0 Å². The van der Waals surface area contributed by atoms with Crippen molar-refractivity contribution >= 4 is 11.3 Å². The number of aryl methyl sites for hydroxylation is 1. The second kappa shape index (κ2) is 6.69. The van der Waals surface area contributed by atoms with E-state index in [1.807, 2.05) is 11.3 Å². The van der Waals surface area contributed by atoms with E-state index in [1.54, 1.807) is 0 Å². The molecule has 0 aliphatic heterocycles. The highest BCUT2D eigenvalue weighted by Crippen LogP contribution is 2.26. The summed E-state index contributed by atoms with van der Waals surface area (Å²) >= 11 is 1.84. The van der Waals surface area contributed by atoms with Gasteiger partial charge in [0.15, 0.2) is 0 Å². The molecule has 0 spiro atoms. The maximum Gasteiger partial charge on any atom is 0.0519 e. The number of rotatable bonds is 5. The van der Waals surface area contributed by atoms with Crippen LogP contribution in [0.15, 0.2) is 12.1 Å². The first-order valence-electron chi connectivity index (χ1n) is 7.26. The Bertz CT molecular complexity index is 355. The Balaban J connectivity index is 1.92. The monoisotopic (exact) mass is 266 g/mol. The first-order chi connectivity index (χ1) is 8.70. The molecule has 1 aliphatic rings. The molecule has 0 radical (unpaired) electrons. The molecule has 102 valence electrons. The predicted molar refractivity (Wildman–Crippen MR) is 80.1 cm³/mol. The molecular weight excluding hydrogens is 240 g/mol. The lowest BCUT2D eigenvalue weighted by Crippen LogP contribution is -2.40. The van der Waals surface area contributed by atoms with Gasteiger partial charge in [0.2, 0.25) is 0 Å². The predicted octanol–water partition coefficient (Wildman–Crippen LogP) is 3.71. The van der Waals surface area contributed by atoms with E-state index in [1.165, 1.54) is 41.9 Å². The molecule has 1 saturated carbocycles. The third-order valence-corrected chi connectivity index (χ3v) is 5.19. The fourth-order valence-corrected chi connectivity index (χ4v) is 3.85. The first-order valence-corrected chi connectivity index (χ1v) is 8.08. The van der Waals surface area contributed by atoms with Crippen molar-refractivity contribution in [1.82, 2.24) is 4.90 Å². The number of hydrogen-bond donors (Lipinski definition) is 1. The van der Waals surface area contributed by atoms with Crippen LogP contribution in [0.2, 0.25) is 0 Å². The Morgan fingerprint density at radius 1 is 1.33 bits per heavy atom. The van der Waals surface area contributed by atoms with Gasteiger partial charge in [0.1, 0.15) is 0 Å². The van der Waals surface area contributed by atoms with Crippen LogP contribution in [0.5, 0.6) is 0 Å². The Hall–Kier alpha value is -0.380. The molecule has 1 unspecified atom stereocenters. The van der Waals surface area contributed by atoms with Gasteiger partial charge >= 0.3 is 0 Å². The van der Waals surface area contributed by atoms with Crippen LogP contribution in [0.1, 0.15) is 54.8 Å². The largest absolute Gasteiger partial charge is 0.322 e. The van der Waals surface area contributed by atoms with E-state index in [-0.39, 0.29) is 6.04 Å². The van der Waals surface area contributed by atoms with Crippen molar-refractivity contribution in [2.24, 2.45) is 5.73 Å². The summed E-state index contributed by atoms with van der Waals surface area (Å²) in [5, 5.41) is 0. The van der Waals surface area contributed by atoms with Crippen molar-refractivity contribution in [1.29, 1.82) is 0 Å². The minimum absolute atomic E-state index is 0.186. The van der Waals surface area contributed by atoms with E-state index < -0.39 is 0 Å². The van der Waals surface area contributed by atoms with Gasteiger partial charge in [0.25, 0.3) is 0 Å². The van der Waals surface area contributed by atoms with Gasteiger partial charge in [-0.05, 0) is 38.4 Å². The molecule has 1 atom stereocenters. The molecule has 0 aromatic carbocycles. The van der Waals surface area contributed by atoms with Gasteiger partial charge < -0.3 is 5.73 Å². The van der Waals surface area contributed by atoms with Crippen molar-refractivity contribution < 1.29 is 0 Å². The normalized spacial score (nSPS) is 19.3. The Labute approximate surface area is 115 Å². The van der Waals surface area contributed by atoms with Gasteiger partial charge in [-0.3, -0.25) is 4.90 Å². The van der Waals surface area contributed by atoms with E-state index in [2.05, 4.69) is 30.9 Å². The standard InChI is InChI=1S/C15H26N2S/c1-3-17(13-7-5-4-6-8-13)11-14(16)15-10-9-12(2)18-15/h9-10,13-14H,3-8,11,16H2,1-2H3. The minimum Gasteiger partial charge on any atom is -0.322 e. The summed E-state index contributed by atoms with van der Waals surface area (Å²) in [6.07, 6.45) is 6.95. The molecule has 3 heteroatoms.